The molecule has 0 fully saturated rings. The second kappa shape index (κ2) is 7.53. The summed E-state index contributed by atoms with van der Waals surface area (Å²) in [7, 11) is 0. The molecule has 28 heavy (non-hydrogen) atoms. The molecule has 0 saturated carbocycles. The van der Waals surface area contributed by atoms with Crippen molar-refractivity contribution in [3.8, 4) is 5.69 Å². The standard InChI is InChI=1S/C22H23N3O2S/c1-4-11-28-21-24-19-17(20(26)25(21)16-9-7-6-8-10-16)12-15-14-27-22(3,5-2)13-18(15)23-19/h4,6-10,12H,1,5,11,13-14H2,2-3H3/t22-/m0/s1. The Labute approximate surface area is 168 Å². The molecule has 1 aliphatic rings. The summed E-state index contributed by atoms with van der Waals surface area (Å²) in [6.45, 7) is 8.48. The van der Waals surface area contributed by atoms with Gasteiger partial charge in [0.1, 0.15) is 0 Å². The molecule has 4 rings (SSSR count). The van der Waals surface area contributed by atoms with E-state index < -0.39 is 0 Å². The summed E-state index contributed by atoms with van der Waals surface area (Å²) < 4.78 is 7.69. The summed E-state index contributed by atoms with van der Waals surface area (Å²) in [5.41, 5.74) is 2.92. The van der Waals surface area contributed by atoms with Crippen molar-refractivity contribution < 1.29 is 4.74 Å². The van der Waals surface area contributed by atoms with Crippen LogP contribution in [0.25, 0.3) is 16.7 Å². The normalized spacial score (nSPS) is 18.8. The van der Waals surface area contributed by atoms with Crippen LogP contribution in [0.2, 0.25) is 0 Å². The molecule has 3 heterocycles. The van der Waals surface area contributed by atoms with Gasteiger partial charge in [-0.15, -0.1) is 6.58 Å². The number of rotatable bonds is 5. The minimum absolute atomic E-state index is 0.109. The summed E-state index contributed by atoms with van der Waals surface area (Å²) >= 11 is 1.48. The van der Waals surface area contributed by atoms with Crippen LogP contribution in [0, 0.1) is 0 Å². The lowest BCUT2D eigenvalue weighted by Gasteiger charge is -2.33. The second-order valence-corrected chi connectivity index (χ2v) is 8.19. The van der Waals surface area contributed by atoms with Crippen LogP contribution in [0.3, 0.4) is 0 Å². The van der Waals surface area contributed by atoms with Crippen LogP contribution in [0.15, 0.2) is 59.0 Å². The molecule has 0 radical (unpaired) electrons. The fraction of sp³-hybridized carbons (Fsp3) is 0.318. The van der Waals surface area contributed by atoms with Gasteiger partial charge in [0.05, 0.1) is 29.0 Å². The maximum absolute atomic E-state index is 13.4. The largest absolute Gasteiger partial charge is 0.370 e. The summed E-state index contributed by atoms with van der Waals surface area (Å²) in [6, 6.07) is 11.5. The molecule has 0 amide bonds. The van der Waals surface area contributed by atoms with Crippen molar-refractivity contribution >= 4 is 22.8 Å². The van der Waals surface area contributed by atoms with Crippen molar-refractivity contribution in [2.75, 3.05) is 5.75 Å². The first kappa shape index (κ1) is 18.9. The van der Waals surface area contributed by atoms with Crippen LogP contribution < -0.4 is 5.56 Å². The Morgan fingerprint density at radius 3 is 2.82 bits per heavy atom. The molecule has 1 aliphatic heterocycles. The van der Waals surface area contributed by atoms with Gasteiger partial charge in [-0.05, 0) is 31.5 Å². The van der Waals surface area contributed by atoms with Crippen molar-refractivity contribution in [1.82, 2.24) is 14.5 Å². The third-order valence-electron chi connectivity index (χ3n) is 5.21. The predicted molar refractivity (Wildman–Crippen MR) is 113 cm³/mol. The van der Waals surface area contributed by atoms with E-state index in [4.69, 9.17) is 14.7 Å². The van der Waals surface area contributed by atoms with Gasteiger partial charge in [0.2, 0.25) is 0 Å². The van der Waals surface area contributed by atoms with Gasteiger partial charge in [0, 0.05) is 17.7 Å². The summed E-state index contributed by atoms with van der Waals surface area (Å²) in [5, 5.41) is 1.15. The molecule has 0 N–H and O–H groups in total. The molecular formula is C22H23N3O2S. The quantitative estimate of drug-likeness (QED) is 0.367. The lowest BCUT2D eigenvalue weighted by molar-refractivity contribution is -0.0573. The fourth-order valence-electron chi connectivity index (χ4n) is 3.37. The van der Waals surface area contributed by atoms with E-state index in [0.29, 0.717) is 28.5 Å². The first-order valence-corrected chi connectivity index (χ1v) is 10.4. The number of nitrogens with zero attached hydrogens (tertiary/aromatic N) is 3. The zero-order valence-corrected chi connectivity index (χ0v) is 17.0. The third kappa shape index (κ3) is 3.38. The van der Waals surface area contributed by atoms with E-state index in [1.54, 1.807) is 10.6 Å². The molecule has 0 aliphatic carbocycles. The highest BCUT2D eigenvalue weighted by Crippen LogP contribution is 2.31. The Bertz CT molecular complexity index is 1090. The number of fused-ring (bicyclic) bond motifs is 2. The number of hydrogen-bond acceptors (Lipinski definition) is 5. The molecule has 0 bridgehead atoms. The molecule has 1 aromatic carbocycles. The topological polar surface area (TPSA) is 57.0 Å². The molecule has 5 nitrogen and oxygen atoms in total. The van der Waals surface area contributed by atoms with Gasteiger partial charge in [0.15, 0.2) is 10.8 Å². The lowest BCUT2D eigenvalue weighted by Crippen LogP contribution is -2.35. The average Bonchev–Trinajstić information content (AvgIpc) is 2.72. The molecule has 1 atom stereocenters. The Balaban J connectivity index is 1.93. The minimum atomic E-state index is -0.215. The van der Waals surface area contributed by atoms with E-state index in [9.17, 15) is 4.79 Å². The second-order valence-electron chi connectivity index (χ2n) is 7.20. The number of aromatic nitrogens is 3. The maximum Gasteiger partial charge on any atom is 0.268 e. The zero-order valence-electron chi connectivity index (χ0n) is 16.1. The molecule has 0 spiro atoms. The molecule has 0 saturated heterocycles. The monoisotopic (exact) mass is 393 g/mol. The van der Waals surface area contributed by atoms with Gasteiger partial charge in [0.25, 0.3) is 5.56 Å². The highest BCUT2D eigenvalue weighted by molar-refractivity contribution is 7.99. The first-order valence-electron chi connectivity index (χ1n) is 9.43. The van der Waals surface area contributed by atoms with Crippen molar-refractivity contribution in [3.05, 3.63) is 70.7 Å². The van der Waals surface area contributed by atoms with E-state index in [1.165, 1.54) is 11.8 Å². The molecular weight excluding hydrogens is 370 g/mol. The van der Waals surface area contributed by atoms with Gasteiger partial charge in [-0.25, -0.2) is 9.97 Å². The number of hydrogen-bond donors (Lipinski definition) is 0. The minimum Gasteiger partial charge on any atom is -0.370 e. The van der Waals surface area contributed by atoms with E-state index >= 15 is 0 Å². The van der Waals surface area contributed by atoms with Crippen molar-refractivity contribution in [2.24, 2.45) is 0 Å². The highest BCUT2D eigenvalue weighted by Gasteiger charge is 2.31. The molecule has 6 heteroatoms. The first-order chi connectivity index (χ1) is 13.5. The number of benzene rings is 1. The molecule has 0 unspecified atom stereocenters. The van der Waals surface area contributed by atoms with E-state index in [2.05, 4.69) is 20.4 Å². The van der Waals surface area contributed by atoms with Gasteiger partial charge < -0.3 is 4.74 Å². The Morgan fingerprint density at radius 1 is 1.32 bits per heavy atom. The molecule has 144 valence electrons. The van der Waals surface area contributed by atoms with E-state index in [-0.39, 0.29) is 11.2 Å². The molecule has 2 aromatic heterocycles. The fourth-order valence-corrected chi connectivity index (χ4v) is 4.11. The van der Waals surface area contributed by atoms with Gasteiger partial charge in [-0.3, -0.25) is 9.36 Å². The van der Waals surface area contributed by atoms with Crippen LogP contribution in [0.5, 0.6) is 0 Å². The third-order valence-corrected chi connectivity index (χ3v) is 6.14. The number of ether oxygens (including phenoxy) is 1. The SMILES string of the molecule is C=CCSc1nc2nc3c(cc2c(=O)n1-c1ccccc1)CO[C@@](C)(CC)C3. The van der Waals surface area contributed by atoms with Gasteiger partial charge in [-0.2, -0.15) is 0 Å². The summed E-state index contributed by atoms with van der Waals surface area (Å²) in [5.74, 6) is 0.664. The Hall–Kier alpha value is -2.44. The van der Waals surface area contributed by atoms with Crippen LogP contribution >= 0.6 is 11.8 Å². The van der Waals surface area contributed by atoms with Crippen LogP contribution in [0.4, 0.5) is 0 Å². The zero-order chi connectivity index (χ0) is 19.7. The summed E-state index contributed by atoms with van der Waals surface area (Å²) in [6.07, 6.45) is 3.45. The van der Waals surface area contributed by atoms with Gasteiger partial charge >= 0.3 is 0 Å². The predicted octanol–water partition coefficient (Wildman–Crippen LogP) is 4.30. The van der Waals surface area contributed by atoms with E-state index in [1.807, 2.05) is 36.4 Å². The average molecular weight is 394 g/mol. The smallest absolute Gasteiger partial charge is 0.268 e. The van der Waals surface area contributed by atoms with E-state index in [0.717, 1.165) is 29.8 Å². The van der Waals surface area contributed by atoms with Crippen molar-refractivity contribution in [2.45, 2.75) is 44.1 Å². The van der Waals surface area contributed by atoms with Crippen LogP contribution in [-0.2, 0) is 17.8 Å². The number of thioether (sulfide) groups is 1. The van der Waals surface area contributed by atoms with Crippen LogP contribution in [0.1, 0.15) is 31.5 Å². The maximum atomic E-state index is 13.4. The Morgan fingerprint density at radius 2 is 2.11 bits per heavy atom. The molecule has 3 aromatic rings. The number of para-hydroxylation sites is 1. The summed E-state index contributed by atoms with van der Waals surface area (Å²) in [4.78, 5) is 22.9. The van der Waals surface area contributed by atoms with Crippen molar-refractivity contribution in [3.63, 3.8) is 0 Å². The van der Waals surface area contributed by atoms with Crippen molar-refractivity contribution in [1.29, 1.82) is 0 Å². The van der Waals surface area contributed by atoms with Crippen LogP contribution in [-0.4, -0.2) is 25.9 Å². The lowest BCUT2D eigenvalue weighted by atomic mass is 9.91. The Kier molecular flexibility index (Phi) is 5.08. The number of pyridine rings is 1. The van der Waals surface area contributed by atoms with Gasteiger partial charge in [-0.1, -0.05) is 43.0 Å². The highest BCUT2D eigenvalue weighted by atomic mass is 32.2.